The minimum Gasteiger partial charge on any atom is -0.444 e. The number of fused-ring (bicyclic) bond motifs is 2. The van der Waals surface area contributed by atoms with Crippen molar-refractivity contribution >= 4 is 6.09 Å². The van der Waals surface area contributed by atoms with Crippen LogP contribution in [0.2, 0.25) is 0 Å². The molecule has 2 aliphatic heterocycles. The molecule has 130 valence electrons. The van der Waals surface area contributed by atoms with E-state index >= 15 is 0 Å². The summed E-state index contributed by atoms with van der Waals surface area (Å²) in [5, 5.41) is 3.74. The van der Waals surface area contributed by atoms with Gasteiger partial charge in [-0.15, -0.1) is 0 Å². The lowest BCUT2D eigenvalue weighted by atomic mass is 9.97. The zero-order valence-corrected chi connectivity index (χ0v) is 14.9. The summed E-state index contributed by atoms with van der Waals surface area (Å²) in [5.74, 6) is 0. The Hall–Kier alpha value is -1.03. The molecule has 0 aromatic heterocycles. The second-order valence-corrected chi connectivity index (χ2v) is 8.40. The smallest absolute Gasteiger partial charge is 0.410 e. The second-order valence-electron chi connectivity index (χ2n) is 8.40. The third-order valence-electron chi connectivity index (χ3n) is 5.35. The van der Waals surface area contributed by atoms with E-state index in [0.717, 1.165) is 32.2 Å². The topological polar surface area (TPSA) is 41.6 Å². The largest absolute Gasteiger partial charge is 0.444 e. The Morgan fingerprint density at radius 2 is 2.00 bits per heavy atom. The molecule has 23 heavy (non-hydrogen) atoms. The van der Waals surface area contributed by atoms with Gasteiger partial charge < -0.3 is 15.0 Å². The Morgan fingerprint density at radius 1 is 1.30 bits per heavy atom. The van der Waals surface area contributed by atoms with Gasteiger partial charge in [0.2, 0.25) is 0 Å². The monoisotopic (exact) mass is 320 g/mol. The van der Waals surface area contributed by atoms with Crippen LogP contribution in [0.15, 0.2) is 11.6 Å². The van der Waals surface area contributed by atoms with Crippen LogP contribution in [-0.2, 0) is 4.74 Å². The molecule has 1 amide bonds. The molecule has 2 bridgehead atoms. The van der Waals surface area contributed by atoms with Crippen molar-refractivity contribution in [1.29, 1.82) is 0 Å². The number of hydrogen-bond acceptors (Lipinski definition) is 3. The molecule has 0 saturated carbocycles. The number of ether oxygens (including phenoxy) is 1. The Morgan fingerprint density at radius 3 is 2.57 bits per heavy atom. The molecule has 2 heterocycles. The van der Waals surface area contributed by atoms with Crippen LogP contribution in [0.5, 0.6) is 0 Å². The first-order valence-electron chi connectivity index (χ1n) is 9.35. The summed E-state index contributed by atoms with van der Waals surface area (Å²) < 4.78 is 5.60. The summed E-state index contributed by atoms with van der Waals surface area (Å²) >= 11 is 0. The van der Waals surface area contributed by atoms with Gasteiger partial charge in [0.15, 0.2) is 0 Å². The van der Waals surface area contributed by atoms with E-state index in [1.165, 1.54) is 25.7 Å². The number of carbonyl (C=O) groups is 1. The molecule has 2 saturated heterocycles. The third-order valence-corrected chi connectivity index (χ3v) is 5.35. The Kier molecular flexibility index (Phi) is 5.00. The first-order valence-corrected chi connectivity index (χ1v) is 9.35. The summed E-state index contributed by atoms with van der Waals surface area (Å²) in [6, 6.07) is 1.30. The lowest BCUT2D eigenvalue weighted by Crippen LogP contribution is -2.52. The van der Waals surface area contributed by atoms with E-state index in [1.54, 1.807) is 5.57 Å². The number of amides is 1. The molecule has 0 aromatic rings. The molecule has 2 atom stereocenters. The van der Waals surface area contributed by atoms with E-state index in [2.05, 4.69) is 11.4 Å². The van der Waals surface area contributed by atoms with Gasteiger partial charge in [0.1, 0.15) is 5.60 Å². The highest BCUT2D eigenvalue weighted by Crippen LogP contribution is 2.36. The second kappa shape index (κ2) is 6.84. The van der Waals surface area contributed by atoms with Gasteiger partial charge in [-0.25, -0.2) is 4.79 Å². The predicted molar refractivity (Wildman–Crippen MR) is 92.5 cm³/mol. The van der Waals surface area contributed by atoms with Crippen molar-refractivity contribution in [3.05, 3.63) is 11.6 Å². The molecule has 4 nitrogen and oxygen atoms in total. The number of allylic oxidation sites excluding steroid dienone is 1. The van der Waals surface area contributed by atoms with Crippen molar-refractivity contribution in [2.45, 2.75) is 95.9 Å². The molecule has 1 aliphatic carbocycles. The highest BCUT2D eigenvalue weighted by atomic mass is 16.6. The summed E-state index contributed by atoms with van der Waals surface area (Å²) in [6.07, 6.45) is 11.8. The first-order chi connectivity index (χ1) is 10.9. The number of piperidine rings is 1. The maximum atomic E-state index is 12.4. The molecule has 2 fully saturated rings. The number of carbonyl (C=O) groups excluding carboxylic acids is 1. The van der Waals surface area contributed by atoms with Crippen molar-refractivity contribution in [3.63, 3.8) is 0 Å². The van der Waals surface area contributed by atoms with Crippen molar-refractivity contribution < 1.29 is 9.53 Å². The lowest BCUT2D eigenvalue weighted by molar-refractivity contribution is 0.00477. The predicted octanol–water partition coefficient (Wildman–Crippen LogP) is 4.01. The minimum absolute atomic E-state index is 0.112. The molecule has 3 rings (SSSR count). The highest BCUT2D eigenvalue weighted by molar-refractivity contribution is 5.69. The standard InChI is InChI=1S/C19H32N2O2/c1-19(2,3)23-18(22)21-16-8-9-17(21)13-15(12-16)20-11-10-14-6-4-5-7-14/h6,15-17,20H,4-5,7-13H2,1-3H3. The lowest BCUT2D eigenvalue weighted by Gasteiger charge is -2.39. The van der Waals surface area contributed by atoms with Crippen molar-refractivity contribution in [2.75, 3.05) is 6.54 Å². The Balaban J connectivity index is 1.47. The summed E-state index contributed by atoms with van der Waals surface area (Å²) in [4.78, 5) is 14.5. The zero-order valence-electron chi connectivity index (χ0n) is 14.9. The van der Waals surface area contributed by atoms with E-state index in [0.29, 0.717) is 18.1 Å². The fourth-order valence-electron chi connectivity index (χ4n) is 4.36. The molecule has 0 spiro atoms. The van der Waals surface area contributed by atoms with Gasteiger partial charge in [-0.2, -0.15) is 0 Å². The first kappa shape index (κ1) is 16.8. The van der Waals surface area contributed by atoms with Crippen molar-refractivity contribution in [1.82, 2.24) is 10.2 Å². The van der Waals surface area contributed by atoms with Crippen LogP contribution in [0.4, 0.5) is 4.79 Å². The van der Waals surface area contributed by atoms with Gasteiger partial charge in [-0.1, -0.05) is 11.6 Å². The number of hydrogen-bond donors (Lipinski definition) is 1. The highest BCUT2D eigenvalue weighted by Gasteiger charge is 2.44. The van der Waals surface area contributed by atoms with Gasteiger partial charge in [-0.05, 0) is 78.7 Å². The summed E-state index contributed by atoms with van der Waals surface area (Å²) in [6.45, 7) is 6.92. The Bertz CT molecular complexity index is 452. The SMILES string of the molecule is CC(C)(C)OC(=O)N1C2CCC1CC(NCCC1=CCCC1)C2. The van der Waals surface area contributed by atoms with E-state index in [-0.39, 0.29) is 6.09 Å². The van der Waals surface area contributed by atoms with E-state index < -0.39 is 5.60 Å². The van der Waals surface area contributed by atoms with Crippen LogP contribution in [0.3, 0.4) is 0 Å². The third kappa shape index (κ3) is 4.28. The fraction of sp³-hybridized carbons (Fsp3) is 0.842. The Labute approximate surface area is 140 Å². The summed E-state index contributed by atoms with van der Waals surface area (Å²) in [7, 11) is 0. The minimum atomic E-state index is -0.402. The molecular formula is C19H32N2O2. The zero-order chi connectivity index (χ0) is 16.4. The van der Waals surface area contributed by atoms with E-state index in [1.807, 2.05) is 25.7 Å². The fourth-order valence-corrected chi connectivity index (χ4v) is 4.36. The van der Waals surface area contributed by atoms with Gasteiger partial charge in [0.25, 0.3) is 0 Å². The van der Waals surface area contributed by atoms with E-state index in [9.17, 15) is 4.79 Å². The van der Waals surface area contributed by atoms with Gasteiger partial charge in [0.05, 0.1) is 0 Å². The van der Waals surface area contributed by atoms with Crippen LogP contribution < -0.4 is 5.32 Å². The molecule has 4 heteroatoms. The maximum absolute atomic E-state index is 12.4. The van der Waals surface area contributed by atoms with Gasteiger partial charge in [0, 0.05) is 18.1 Å². The molecule has 1 N–H and O–H groups in total. The number of nitrogens with zero attached hydrogens (tertiary/aromatic N) is 1. The van der Waals surface area contributed by atoms with Crippen LogP contribution >= 0.6 is 0 Å². The maximum Gasteiger partial charge on any atom is 0.410 e. The molecule has 0 radical (unpaired) electrons. The summed E-state index contributed by atoms with van der Waals surface area (Å²) in [5.41, 5.74) is 1.23. The average Bonchev–Trinajstić information content (AvgIpc) is 3.04. The van der Waals surface area contributed by atoms with Gasteiger partial charge in [-0.3, -0.25) is 0 Å². The van der Waals surface area contributed by atoms with Crippen molar-refractivity contribution in [3.8, 4) is 0 Å². The van der Waals surface area contributed by atoms with Crippen LogP contribution in [0.1, 0.15) is 72.1 Å². The van der Waals surface area contributed by atoms with E-state index in [4.69, 9.17) is 4.74 Å². The quantitative estimate of drug-likeness (QED) is 0.796. The average molecular weight is 320 g/mol. The van der Waals surface area contributed by atoms with Crippen LogP contribution in [0, 0.1) is 0 Å². The molecule has 2 unspecified atom stereocenters. The normalized spacial score (nSPS) is 30.5. The van der Waals surface area contributed by atoms with Crippen molar-refractivity contribution in [2.24, 2.45) is 0 Å². The molecule has 0 aromatic carbocycles. The van der Waals surface area contributed by atoms with Crippen LogP contribution in [-0.4, -0.2) is 41.3 Å². The molecule has 3 aliphatic rings. The van der Waals surface area contributed by atoms with Crippen LogP contribution in [0.25, 0.3) is 0 Å². The van der Waals surface area contributed by atoms with Gasteiger partial charge >= 0.3 is 6.09 Å². The number of nitrogens with one attached hydrogen (secondary N) is 1. The number of rotatable bonds is 4. The molecular weight excluding hydrogens is 288 g/mol.